The summed E-state index contributed by atoms with van der Waals surface area (Å²) in [5.41, 5.74) is 7.17. The third-order valence-corrected chi connectivity index (χ3v) is 4.90. The van der Waals surface area contributed by atoms with Gasteiger partial charge in [-0.25, -0.2) is 0 Å². The van der Waals surface area contributed by atoms with Crippen molar-refractivity contribution < 1.29 is 19.1 Å². The highest BCUT2D eigenvalue weighted by Gasteiger charge is 2.16. The molecule has 2 heterocycles. The second-order valence-electron chi connectivity index (χ2n) is 7.01. The topological polar surface area (TPSA) is 92.5 Å². The Balaban J connectivity index is 1.29. The van der Waals surface area contributed by atoms with Gasteiger partial charge in [0.2, 0.25) is 5.91 Å². The molecule has 1 saturated heterocycles. The summed E-state index contributed by atoms with van der Waals surface area (Å²) in [6, 6.07) is 14.6. The molecule has 1 atom stereocenters. The number of rotatable bonds is 6. The van der Waals surface area contributed by atoms with E-state index in [0.717, 1.165) is 35.9 Å². The number of carbonyl (C=O) groups excluding carboxylic acids is 2. The summed E-state index contributed by atoms with van der Waals surface area (Å²) in [6.07, 6.45) is 4.11. The van der Waals surface area contributed by atoms with E-state index in [9.17, 15) is 9.59 Å². The molecule has 7 heteroatoms. The van der Waals surface area contributed by atoms with Gasteiger partial charge in [-0.3, -0.25) is 20.4 Å². The predicted molar refractivity (Wildman–Crippen MR) is 109 cm³/mol. The number of para-hydroxylation sites is 1. The van der Waals surface area contributed by atoms with Crippen LogP contribution in [0.5, 0.6) is 5.75 Å². The largest absolute Gasteiger partial charge is 0.491 e. The van der Waals surface area contributed by atoms with Crippen molar-refractivity contribution >= 4 is 22.7 Å². The van der Waals surface area contributed by atoms with Crippen molar-refractivity contribution in [1.29, 1.82) is 0 Å². The zero-order valence-corrected chi connectivity index (χ0v) is 15.9. The molecule has 0 radical (unpaired) electrons. The Hall–Kier alpha value is -3.32. The number of benzene rings is 2. The number of ether oxygens (including phenoxy) is 2. The van der Waals surface area contributed by atoms with Gasteiger partial charge in [-0.05, 0) is 42.7 Å². The summed E-state index contributed by atoms with van der Waals surface area (Å²) in [7, 11) is 0. The van der Waals surface area contributed by atoms with Crippen LogP contribution in [0, 0.1) is 0 Å². The van der Waals surface area contributed by atoms with Crippen LogP contribution in [0.4, 0.5) is 0 Å². The van der Waals surface area contributed by atoms with Crippen LogP contribution in [0.2, 0.25) is 0 Å². The molecule has 1 aliphatic rings. The highest BCUT2D eigenvalue weighted by Crippen LogP contribution is 2.18. The zero-order valence-electron chi connectivity index (χ0n) is 15.9. The Labute approximate surface area is 168 Å². The third-order valence-electron chi connectivity index (χ3n) is 4.90. The fourth-order valence-corrected chi connectivity index (χ4v) is 3.39. The second-order valence-corrected chi connectivity index (χ2v) is 7.01. The Kier molecular flexibility index (Phi) is 5.76. The van der Waals surface area contributed by atoms with E-state index in [0.29, 0.717) is 17.9 Å². The van der Waals surface area contributed by atoms with Crippen molar-refractivity contribution in [2.24, 2.45) is 0 Å². The minimum Gasteiger partial charge on any atom is -0.491 e. The number of hydrogen-bond acceptors (Lipinski definition) is 4. The molecule has 3 N–H and O–H groups in total. The normalized spacial score (nSPS) is 15.9. The molecule has 0 bridgehead atoms. The van der Waals surface area contributed by atoms with E-state index in [1.54, 1.807) is 30.5 Å². The highest BCUT2D eigenvalue weighted by molar-refractivity contribution is 5.96. The molecule has 3 aromatic rings. The molecule has 1 aromatic heterocycles. The highest BCUT2D eigenvalue weighted by atomic mass is 16.5. The van der Waals surface area contributed by atoms with E-state index in [1.807, 2.05) is 24.3 Å². The lowest BCUT2D eigenvalue weighted by Gasteiger charge is -2.12. The predicted octanol–water partition coefficient (Wildman–Crippen LogP) is 2.73. The second kappa shape index (κ2) is 8.79. The molecule has 4 rings (SSSR count). The third kappa shape index (κ3) is 4.75. The van der Waals surface area contributed by atoms with Gasteiger partial charge < -0.3 is 14.5 Å². The maximum Gasteiger partial charge on any atom is 0.269 e. The molecule has 150 valence electrons. The smallest absolute Gasteiger partial charge is 0.269 e. The first-order chi connectivity index (χ1) is 14.2. The molecule has 7 nitrogen and oxygen atoms in total. The molecule has 1 fully saturated rings. The molecule has 0 saturated carbocycles. The fraction of sp³-hybridized carbons (Fsp3) is 0.273. The van der Waals surface area contributed by atoms with Crippen LogP contribution in [0.15, 0.2) is 54.7 Å². The first kappa shape index (κ1) is 19.0. The minimum atomic E-state index is -0.403. The van der Waals surface area contributed by atoms with Gasteiger partial charge >= 0.3 is 0 Å². The van der Waals surface area contributed by atoms with Crippen LogP contribution in [0.25, 0.3) is 10.9 Å². The van der Waals surface area contributed by atoms with Crippen molar-refractivity contribution in [1.82, 2.24) is 15.8 Å². The van der Waals surface area contributed by atoms with Crippen LogP contribution in [0.1, 0.15) is 28.8 Å². The summed E-state index contributed by atoms with van der Waals surface area (Å²) in [5.74, 6) is -0.105. The first-order valence-corrected chi connectivity index (χ1v) is 9.68. The summed E-state index contributed by atoms with van der Waals surface area (Å²) >= 11 is 0. The molecule has 0 aliphatic carbocycles. The lowest BCUT2D eigenvalue weighted by atomic mass is 10.1. The van der Waals surface area contributed by atoms with E-state index in [2.05, 4.69) is 15.8 Å². The quantitative estimate of drug-likeness (QED) is 0.562. The van der Waals surface area contributed by atoms with Crippen molar-refractivity contribution in [3.8, 4) is 5.75 Å². The number of hydrazine groups is 1. The Morgan fingerprint density at radius 3 is 2.90 bits per heavy atom. The fourth-order valence-electron chi connectivity index (χ4n) is 3.39. The molecule has 1 unspecified atom stereocenters. The minimum absolute atomic E-state index is 0.108. The van der Waals surface area contributed by atoms with Gasteiger partial charge in [0, 0.05) is 29.3 Å². The summed E-state index contributed by atoms with van der Waals surface area (Å²) in [4.78, 5) is 27.7. The Bertz CT molecular complexity index is 1010. The van der Waals surface area contributed by atoms with E-state index < -0.39 is 5.91 Å². The van der Waals surface area contributed by atoms with Gasteiger partial charge in [-0.2, -0.15) is 0 Å². The van der Waals surface area contributed by atoms with E-state index >= 15 is 0 Å². The van der Waals surface area contributed by atoms with Crippen molar-refractivity contribution in [2.45, 2.75) is 25.4 Å². The van der Waals surface area contributed by atoms with E-state index in [-0.39, 0.29) is 18.4 Å². The van der Waals surface area contributed by atoms with Crippen LogP contribution in [-0.4, -0.2) is 36.1 Å². The Morgan fingerprint density at radius 2 is 2.03 bits per heavy atom. The van der Waals surface area contributed by atoms with Crippen molar-refractivity contribution in [2.75, 3.05) is 13.2 Å². The summed E-state index contributed by atoms with van der Waals surface area (Å²) < 4.78 is 11.3. The monoisotopic (exact) mass is 393 g/mol. The average Bonchev–Trinajstić information content (AvgIpc) is 3.41. The number of H-pyrrole nitrogens is 1. The van der Waals surface area contributed by atoms with E-state index in [1.165, 1.54) is 0 Å². The lowest BCUT2D eigenvalue weighted by molar-refractivity contribution is -0.121. The SMILES string of the molecule is O=C(Cc1c[nH]c2ccccc12)NNC(=O)c1cccc(OCC2CCCO2)c1. The maximum absolute atomic E-state index is 12.4. The number of hydrogen-bond donors (Lipinski definition) is 3. The molecular weight excluding hydrogens is 370 g/mol. The van der Waals surface area contributed by atoms with Gasteiger partial charge in [-0.15, -0.1) is 0 Å². The van der Waals surface area contributed by atoms with Gasteiger partial charge in [0.15, 0.2) is 0 Å². The molecule has 0 spiro atoms. The number of amides is 2. The average molecular weight is 393 g/mol. The Morgan fingerprint density at radius 1 is 1.14 bits per heavy atom. The lowest BCUT2D eigenvalue weighted by Crippen LogP contribution is -2.42. The number of fused-ring (bicyclic) bond motifs is 1. The number of nitrogens with one attached hydrogen (secondary N) is 3. The summed E-state index contributed by atoms with van der Waals surface area (Å²) in [5, 5.41) is 0.991. The zero-order chi connectivity index (χ0) is 20.1. The van der Waals surface area contributed by atoms with Crippen molar-refractivity contribution in [3.05, 3.63) is 65.9 Å². The molecular formula is C22H23N3O4. The van der Waals surface area contributed by atoms with E-state index in [4.69, 9.17) is 9.47 Å². The molecule has 2 aromatic carbocycles. The number of aromatic amines is 1. The molecule has 1 aliphatic heterocycles. The summed E-state index contributed by atoms with van der Waals surface area (Å²) in [6.45, 7) is 1.24. The number of carbonyl (C=O) groups is 2. The van der Waals surface area contributed by atoms with Crippen LogP contribution < -0.4 is 15.6 Å². The van der Waals surface area contributed by atoms with Crippen LogP contribution in [-0.2, 0) is 16.0 Å². The standard InChI is InChI=1S/C22H23N3O4/c26-21(12-16-13-23-20-9-2-1-8-19(16)20)24-25-22(27)15-5-3-6-17(11-15)29-14-18-7-4-10-28-18/h1-3,5-6,8-9,11,13,18,23H,4,7,10,12,14H2,(H,24,26)(H,25,27). The molecule has 2 amide bonds. The van der Waals surface area contributed by atoms with Crippen molar-refractivity contribution in [3.63, 3.8) is 0 Å². The van der Waals surface area contributed by atoms with Crippen LogP contribution >= 0.6 is 0 Å². The maximum atomic E-state index is 12.4. The number of aromatic nitrogens is 1. The van der Waals surface area contributed by atoms with Crippen LogP contribution in [0.3, 0.4) is 0 Å². The van der Waals surface area contributed by atoms with Gasteiger partial charge in [0.05, 0.1) is 12.5 Å². The van der Waals surface area contributed by atoms with Gasteiger partial charge in [-0.1, -0.05) is 24.3 Å². The van der Waals surface area contributed by atoms with Gasteiger partial charge in [0.25, 0.3) is 5.91 Å². The van der Waals surface area contributed by atoms with Gasteiger partial charge in [0.1, 0.15) is 12.4 Å². The molecule has 29 heavy (non-hydrogen) atoms. The first-order valence-electron chi connectivity index (χ1n) is 9.68.